The van der Waals surface area contributed by atoms with Crippen LogP contribution in [0.15, 0.2) is 60.9 Å². The van der Waals surface area contributed by atoms with E-state index in [2.05, 4.69) is 51.3 Å². The van der Waals surface area contributed by atoms with Crippen LogP contribution in [0.4, 0.5) is 17.2 Å². The van der Waals surface area contributed by atoms with Crippen LogP contribution in [-0.4, -0.2) is 29.0 Å². The fourth-order valence-electron chi connectivity index (χ4n) is 2.65. The van der Waals surface area contributed by atoms with Gasteiger partial charge in [-0.15, -0.1) is 0 Å². The molecule has 0 saturated heterocycles. The van der Waals surface area contributed by atoms with Crippen molar-refractivity contribution >= 4 is 29.1 Å². The number of rotatable bonds is 6. The molecule has 0 atom stereocenters. The summed E-state index contributed by atoms with van der Waals surface area (Å²) >= 11 is 0. The number of aromatic nitrogens is 2. The van der Waals surface area contributed by atoms with Crippen LogP contribution in [0, 0.1) is 0 Å². The van der Waals surface area contributed by atoms with Gasteiger partial charge in [-0.2, -0.15) is 0 Å². The lowest BCUT2D eigenvalue weighted by Gasteiger charge is -2.09. The third kappa shape index (κ3) is 5.16. The van der Waals surface area contributed by atoms with E-state index in [4.69, 9.17) is 0 Å². The van der Waals surface area contributed by atoms with Gasteiger partial charge in [-0.25, -0.2) is 14.8 Å². The Morgan fingerprint density at radius 1 is 0.966 bits per heavy atom. The molecule has 7 nitrogen and oxygen atoms in total. The van der Waals surface area contributed by atoms with E-state index in [1.54, 1.807) is 18.2 Å². The molecule has 148 valence electrons. The molecule has 7 heteroatoms. The molecule has 2 N–H and O–H groups in total. The number of carbonyl (C=O) groups excluding carboxylic acids is 2. The highest BCUT2D eigenvalue weighted by Gasteiger charge is 2.11. The number of ether oxygens (including phenoxy) is 1. The first kappa shape index (κ1) is 20.0. The van der Waals surface area contributed by atoms with Crippen LogP contribution in [0.2, 0.25) is 0 Å². The monoisotopic (exact) mass is 390 g/mol. The quantitative estimate of drug-likeness (QED) is 0.607. The van der Waals surface area contributed by atoms with Gasteiger partial charge in [-0.05, 0) is 41.8 Å². The molecule has 1 amide bonds. The molecule has 0 radical (unpaired) electrons. The number of hydrogen-bond donors (Lipinski definition) is 2. The third-order valence-corrected chi connectivity index (χ3v) is 4.28. The molecule has 0 aliphatic rings. The second-order valence-corrected chi connectivity index (χ2v) is 6.72. The number of anilines is 3. The van der Waals surface area contributed by atoms with Gasteiger partial charge in [0.25, 0.3) is 5.91 Å². The van der Waals surface area contributed by atoms with Crippen molar-refractivity contribution in [1.29, 1.82) is 0 Å². The molecule has 0 spiro atoms. The number of nitrogens with one attached hydrogen (secondary N) is 2. The zero-order valence-electron chi connectivity index (χ0n) is 16.5. The van der Waals surface area contributed by atoms with Crippen LogP contribution in [0.5, 0.6) is 0 Å². The summed E-state index contributed by atoms with van der Waals surface area (Å²) in [5, 5.41) is 5.85. The lowest BCUT2D eigenvalue weighted by Crippen LogP contribution is -2.14. The van der Waals surface area contributed by atoms with Crippen molar-refractivity contribution in [3.05, 3.63) is 77.7 Å². The molecule has 29 heavy (non-hydrogen) atoms. The van der Waals surface area contributed by atoms with E-state index in [9.17, 15) is 9.59 Å². The molecule has 1 aromatic heterocycles. The molecule has 0 bridgehead atoms. The lowest BCUT2D eigenvalue weighted by atomic mass is 10.0. The van der Waals surface area contributed by atoms with Gasteiger partial charge >= 0.3 is 5.97 Å². The molecule has 3 rings (SSSR count). The maximum atomic E-state index is 12.4. The van der Waals surface area contributed by atoms with Crippen molar-refractivity contribution in [3.8, 4) is 0 Å². The molecular weight excluding hydrogens is 368 g/mol. The fourth-order valence-corrected chi connectivity index (χ4v) is 2.65. The predicted molar refractivity (Wildman–Crippen MR) is 112 cm³/mol. The van der Waals surface area contributed by atoms with Gasteiger partial charge in [-0.1, -0.05) is 32.0 Å². The van der Waals surface area contributed by atoms with Gasteiger partial charge in [0.2, 0.25) is 0 Å². The van der Waals surface area contributed by atoms with Crippen molar-refractivity contribution in [2.45, 2.75) is 19.8 Å². The summed E-state index contributed by atoms with van der Waals surface area (Å²) < 4.78 is 4.68. The topological polar surface area (TPSA) is 93.2 Å². The highest BCUT2D eigenvalue weighted by Crippen LogP contribution is 2.19. The van der Waals surface area contributed by atoms with Crippen molar-refractivity contribution in [1.82, 2.24) is 9.97 Å². The van der Waals surface area contributed by atoms with E-state index in [0.29, 0.717) is 23.0 Å². The summed E-state index contributed by atoms with van der Waals surface area (Å²) in [4.78, 5) is 32.4. The number of amides is 1. The van der Waals surface area contributed by atoms with Crippen LogP contribution >= 0.6 is 0 Å². The van der Waals surface area contributed by atoms with Crippen molar-refractivity contribution in [2.24, 2.45) is 0 Å². The Morgan fingerprint density at radius 3 is 2.34 bits per heavy atom. The number of nitrogens with zero attached hydrogens (tertiary/aromatic N) is 2. The molecule has 0 aliphatic carbocycles. The van der Waals surface area contributed by atoms with Crippen LogP contribution < -0.4 is 10.6 Å². The Labute approximate surface area is 169 Å². The number of carbonyl (C=O) groups is 2. The van der Waals surface area contributed by atoms with Gasteiger partial charge in [0.15, 0.2) is 0 Å². The zero-order chi connectivity index (χ0) is 20.8. The minimum atomic E-state index is -0.474. The zero-order valence-corrected chi connectivity index (χ0v) is 16.5. The summed E-state index contributed by atoms with van der Waals surface area (Å²) in [6.45, 7) is 4.28. The Morgan fingerprint density at radius 2 is 1.72 bits per heavy atom. The lowest BCUT2D eigenvalue weighted by molar-refractivity contribution is 0.0600. The Hall–Kier alpha value is -3.74. The Bertz CT molecular complexity index is 999. The first-order chi connectivity index (χ1) is 14.0. The largest absolute Gasteiger partial charge is 0.465 e. The van der Waals surface area contributed by atoms with Crippen LogP contribution in [-0.2, 0) is 4.74 Å². The average molecular weight is 390 g/mol. The van der Waals surface area contributed by atoms with Gasteiger partial charge in [0.05, 0.1) is 25.1 Å². The SMILES string of the molecule is COC(=O)c1cccc(NC(=O)c2cnc(Nc3ccc(C(C)C)cc3)cn2)c1. The van der Waals surface area contributed by atoms with Gasteiger partial charge in [-0.3, -0.25) is 4.79 Å². The van der Waals surface area contributed by atoms with Crippen molar-refractivity contribution < 1.29 is 14.3 Å². The number of esters is 1. The molecule has 1 heterocycles. The van der Waals surface area contributed by atoms with E-state index >= 15 is 0 Å². The molecule has 0 fully saturated rings. The minimum absolute atomic E-state index is 0.161. The smallest absolute Gasteiger partial charge is 0.337 e. The number of hydrogen-bond acceptors (Lipinski definition) is 6. The Balaban J connectivity index is 1.65. The Kier molecular flexibility index (Phi) is 6.19. The summed E-state index contributed by atoms with van der Waals surface area (Å²) in [6.07, 6.45) is 2.89. The normalized spacial score (nSPS) is 10.5. The second-order valence-electron chi connectivity index (χ2n) is 6.72. The predicted octanol–water partition coefficient (Wildman–Crippen LogP) is 4.38. The highest BCUT2D eigenvalue weighted by atomic mass is 16.5. The molecule has 3 aromatic rings. The average Bonchev–Trinajstić information content (AvgIpc) is 2.74. The van der Waals surface area contributed by atoms with Crippen LogP contribution in [0.1, 0.15) is 46.2 Å². The van der Waals surface area contributed by atoms with Gasteiger partial charge in [0.1, 0.15) is 11.5 Å². The molecule has 2 aromatic carbocycles. The molecular formula is C22H22N4O3. The van der Waals surface area contributed by atoms with E-state index in [1.165, 1.54) is 31.1 Å². The van der Waals surface area contributed by atoms with Crippen LogP contribution in [0.25, 0.3) is 0 Å². The van der Waals surface area contributed by atoms with Crippen LogP contribution in [0.3, 0.4) is 0 Å². The molecule has 0 saturated carbocycles. The summed E-state index contributed by atoms with van der Waals surface area (Å²) in [5.41, 5.74) is 3.12. The van der Waals surface area contributed by atoms with Crippen molar-refractivity contribution in [3.63, 3.8) is 0 Å². The first-order valence-electron chi connectivity index (χ1n) is 9.15. The van der Waals surface area contributed by atoms with Crippen molar-refractivity contribution in [2.75, 3.05) is 17.7 Å². The molecule has 0 aliphatic heterocycles. The maximum absolute atomic E-state index is 12.4. The standard InChI is InChI=1S/C22H22N4O3/c1-14(2)15-7-9-17(10-8-15)25-20-13-23-19(12-24-20)21(27)26-18-6-4-5-16(11-18)22(28)29-3/h4-14H,1-3H3,(H,24,25)(H,26,27). The summed E-state index contributed by atoms with van der Waals surface area (Å²) in [5.74, 6) is 0.103. The molecule has 0 unspecified atom stereocenters. The minimum Gasteiger partial charge on any atom is -0.465 e. The van der Waals surface area contributed by atoms with Gasteiger partial charge in [0, 0.05) is 11.4 Å². The highest BCUT2D eigenvalue weighted by molar-refractivity contribution is 6.03. The summed E-state index contributed by atoms with van der Waals surface area (Å²) in [7, 11) is 1.30. The maximum Gasteiger partial charge on any atom is 0.337 e. The van der Waals surface area contributed by atoms with E-state index in [1.807, 2.05) is 12.1 Å². The number of methoxy groups -OCH3 is 1. The van der Waals surface area contributed by atoms with Gasteiger partial charge < -0.3 is 15.4 Å². The third-order valence-electron chi connectivity index (χ3n) is 4.28. The second kappa shape index (κ2) is 8.97. The van der Waals surface area contributed by atoms with E-state index in [-0.39, 0.29) is 5.69 Å². The summed E-state index contributed by atoms with van der Waals surface area (Å²) in [6, 6.07) is 14.6. The number of benzene rings is 2. The van der Waals surface area contributed by atoms with E-state index in [0.717, 1.165) is 5.69 Å². The van der Waals surface area contributed by atoms with E-state index < -0.39 is 11.9 Å². The fraction of sp³-hybridized carbons (Fsp3) is 0.182. The first-order valence-corrected chi connectivity index (χ1v) is 9.15.